The number of anilines is 1. The van der Waals surface area contributed by atoms with Gasteiger partial charge in [-0.1, -0.05) is 36.4 Å². The first kappa shape index (κ1) is 12.1. The largest absolute Gasteiger partial charge is 0.353 e. The molecule has 3 rings (SSSR count). The van der Waals surface area contributed by atoms with Crippen molar-refractivity contribution < 1.29 is 0 Å². The fraction of sp³-hybridized carbons (Fsp3) is 0.200. The van der Waals surface area contributed by atoms with Crippen molar-refractivity contribution in [2.45, 2.75) is 18.4 Å². The molecule has 1 aliphatic rings. The van der Waals surface area contributed by atoms with Gasteiger partial charge in [0.1, 0.15) is 5.82 Å². The Hall–Kier alpha value is -1.94. The summed E-state index contributed by atoms with van der Waals surface area (Å²) in [5, 5.41) is 7.15. The maximum Gasteiger partial charge on any atom is 0.172 e. The second kappa shape index (κ2) is 4.97. The molecule has 1 fully saturated rings. The van der Waals surface area contributed by atoms with Gasteiger partial charge in [0, 0.05) is 6.20 Å². The molecule has 0 atom stereocenters. The van der Waals surface area contributed by atoms with Gasteiger partial charge in [-0.05, 0) is 42.8 Å². The molecule has 4 heteroatoms. The van der Waals surface area contributed by atoms with Gasteiger partial charge in [-0.3, -0.25) is 0 Å². The third-order valence-electron chi connectivity index (χ3n) is 3.34. The smallest absolute Gasteiger partial charge is 0.172 e. The average Bonchev–Trinajstić information content (AvgIpc) is 3.21. The van der Waals surface area contributed by atoms with Crippen LogP contribution in [0.1, 0.15) is 18.4 Å². The normalized spacial score (nSPS) is 15.6. The van der Waals surface area contributed by atoms with E-state index in [1.165, 1.54) is 5.56 Å². The number of hydrogen-bond acceptors (Lipinski definition) is 2. The Kier molecular flexibility index (Phi) is 3.17. The minimum atomic E-state index is 0.0140. The summed E-state index contributed by atoms with van der Waals surface area (Å²) in [5.41, 5.74) is 1.31. The van der Waals surface area contributed by atoms with E-state index in [0.29, 0.717) is 5.11 Å². The molecule has 1 aromatic carbocycles. The highest BCUT2D eigenvalue weighted by Gasteiger charge is 2.44. The number of hydrogen-bond donors (Lipinski definition) is 2. The molecule has 1 aromatic heterocycles. The van der Waals surface area contributed by atoms with Gasteiger partial charge >= 0.3 is 0 Å². The molecular weight excluding hydrogens is 254 g/mol. The second-order valence-electron chi connectivity index (χ2n) is 4.74. The molecule has 96 valence electrons. The third-order valence-corrected chi connectivity index (χ3v) is 3.54. The second-order valence-corrected chi connectivity index (χ2v) is 5.15. The van der Waals surface area contributed by atoms with Crippen molar-refractivity contribution >= 4 is 23.1 Å². The van der Waals surface area contributed by atoms with Crippen LogP contribution < -0.4 is 10.6 Å². The van der Waals surface area contributed by atoms with Crippen LogP contribution in [0.4, 0.5) is 5.82 Å². The highest BCUT2D eigenvalue weighted by molar-refractivity contribution is 7.80. The quantitative estimate of drug-likeness (QED) is 0.840. The molecule has 0 unspecified atom stereocenters. The maximum atomic E-state index is 5.36. The van der Waals surface area contributed by atoms with E-state index in [2.05, 4.69) is 39.9 Å². The number of pyridine rings is 1. The lowest BCUT2D eigenvalue weighted by Gasteiger charge is -2.20. The van der Waals surface area contributed by atoms with Crippen LogP contribution in [-0.2, 0) is 5.54 Å². The fourth-order valence-electron chi connectivity index (χ4n) is 2.17. The van der Waals surface area contributed by atoms with Gasteiger partial charge < -0.3 is 10.6 Å². The maximum absolute atomic E-state index is 5.36. The molecule has 0 bridgehead atoms. The van der Waals surface area contributed by atoms with Crippen LogP contribution in [0.15, 0.2) is 54.7 Å². The number of aromatic nitrogens is 1. The Morgan fingerprint density at radius 2 is 1.79 bits per heavy atom. The Labute approximate surface area is 118 Å². The van der Waals surface area contributed by atoms with E-state index >= 15 is 0 Å². The predicted octanol–water partition coefficient (Wildman–Crippen LogP) is 3.06. The first-order valence-electron chi connectivity index (χ1n) is 6.34. The average molecular weight is 269 g/mol. The lowest BCUT2D eigenvalue weighted by molar-refractivity contribution is 0.649. The van der Waals surface area contributed by atoms with E-state index in [1.807, 2.05) is 24.3 Å². The standard InChI is InChI=1S/C15H15N3S/c19-14(17-13-8-4-5-11-16-13)18-15(9-10-15)12-6-2-1-3-7-12/h1-8,11H,9-10H2,(H2,16,17,18,19). The first-order chi connectivity index (χ1) is 9.28. The van der Waals surface area contributed by atoms with Gasteiger partial charge in [0.15, 0.2) is 5.11 Å². The van der Waals surface area contributed by atoms with Gasteiger partial charge in [0.25, 0.3) is 0 Å². The Morgan fingerprint density at radius 1 is 1.05 bits per heavy atom. The molecule has 2 N–H and O–H groups in total. The SMILES string of the molecule is S=C(Nc1ccccn1)NC1(c2ccccc2)CC1. The summed E-state index contributed by atoms with van der Waals surface area (Å²) in [5.74, 6) is 0.767. The van der Waals surface area contributed by atoms with Crippen LogP contribution in [0.5, 0.6) is 0 Å². The van der Waals surface area contributed by atoms with E-state index in [1.54, 1.807) is 6.20 Å². The van der Waals surface area contributed by atoms with Gasteiger partial charge in [-0.25, -0.2) is 4.98 Å². The van der Waals surface area contributed by atoms with E-state index in [0.717, 1.165) is 18.7 Å². The lowest BCUT2D eigenvalue weighted by Crippen LogP contribution is -2.37. The molecule has 3 nitrogen and oxygen atoms in total. The number of rotatable bonds is 3. The van der Waals surface area contributed by atoms with Crippen LogP contribution in [0, 0.1) is 0 Å². The van der Waals surface area contributed by atoms with E-state index in [-0.39, 0.29) is 5.54 Å². The molecule has 1 aliphatic carbocycles. The zero-order valence-electron chi connectivity index (χ0n) is 10.5. The highest BCUT2D eigenvalue weighted by atomic mass is 32.1. The van der Waals surface area contributed by atoms with Crippen molar-refractivity contribution in [3.8, 4) is 0 Å². The summed E-state index contributed by atoms with van der Waals surface area (Å²) in [6, 6.07) is 16.2. The van der Waals surface area contributed by atoms with E-state index in [4.69, 9.17) is 12.2 Å². The zero-order valence-corrected chi connectivity index (χ0v) is 11.3. The van der Waals surface area contributed by atoms with Gasteiger partial charge in [-0.2, -0.15) is 0 Å². The summed E-state index contributed by atoms with van der Waals surface area (Å²) < 4.78 is 0. The third kappa shape index (κ3) is 2.74. The summed E-state index contributed by atoms with van der Waals surface area (Å²) in [7, 11) is 0. The van der Waals surface area contributed by atoms with Crippen molar-refractivity contribution in [1.29, 1.82) is 0 Å². The van der Waals surface area contributed by atoms with Gasteiger partial charge in [0.2, 0.25) is 0 Å². The number of nitrogens with zero attached hydrogens (tertiary/aromatic N) is 1. The molecule has 2 aromatic rings. The number of benzene rings is 1. The summed E-state index contributed by atoms with van der Waals surface area (Å²) >= 11 is 5.36. The van der Waals surface area contributed by atoms with Crippen LogP contribution in [0.2, 0.25) is 0 Å². The molecule has 0 amide bonds. The number of nitrogens with one attached hydrogen (secondary N) is 2. The minimum absolute atomic E-state index is 0.0140. The Morgan fingerprint density at radius 3 is 2.42 bits per heavy atom. The van der Waals surface area contributed by atoms with Crippen molar-refractivity contribution in [1.82, 2.24) is 10.3 Å². The van der Waals surface area contributed by atoms with Crippen molar-refractivity contribution in [2.24, 2.45) is 0 Å². The van der Waals surface area contributed by atoms with Gasteiger partial charge in [-0.15, -0.1) is 0 Å². The topological polar surface area (TPSA) is 37.0 Å². The monoisotopic (exact) mass is 269 g/mol. The Bertz CT molecular complexity index is 564. The molecular formula is C15H15N3S. The predicted molar refractivity (Wildman–Crippen MR) is 80.9 cm³/mol. The molecule has 19 heavy (non-hydrogen) atoms. The molecule has 1 heterocycles. The molecule has 0 saturated heterocycles. The van der Waals surface area contributed by atoms with Crippen LogP contribution in [0.3, 0.4) is 0 Å². The number of thiocarbonyl (C=S) groups is 1. The summed E-state index contributed by atoms with van der Waals surface area (Å²) in [6.45, 7) is 0. The minimum Gasteiger partial charge on any atom is -0.353 e. The Balaban J connectivity index is 1.67. The first-order valence-corrected chi connectivity index (χ1v) is 6.75. The molecule has 1 saturated carbocycles. The summed E-state index contributed by atoms with van der Waals surface area (Å²) in [6.07, 6.45) is 3.97. The van der Waals surface area contributed by atoms with E-state index in [9.17, 15) is 0 Å². The van der Waals surface area contributed by atoms with Crippen molar-refractivity contribution in [3.63, 3.8) is 0 Å². The molecule has 0 aliphatic heterocycles. The van der Waals surface area contributed by atoms with Gasteiger partial charge in [0.05, 0.1) is 5.54 Å². The van der Waals surface area contributed by atoms with Crippen LogP contribution >= 0.6 is 12.2 Å². The fourth-order valence-corrected chi connectivity index (χ4v) is 2.47. The molecule has 0 spiro atoms. The van der Waals surface area contributed by atoms with E-state index < -0.39 is 0 Å². The van der Waals surface area contributed by atoms with Crippen LogP contribution in [-0.4, -0.2) is 10.1 Å². The summed E-state index contributed by atoms with van der Waals surface area (Å²) in [4.78, 5) is 4.20. The van der Waals surface area contributed by atoms with Crippen molar-refractivity contribution in [2.75, 3.05) is 5.32 Å². The molecule has 0 radical (unpaired) electrons. The van der Waals surface area contributed by atoms with Crippen molar-refractivity contribution in [3.05, 3.63) is 60.3 Å². The lowest BCUT2D eigenvalue weighted by atomic mass is 10.1. The highest BCUT2D eigenvalue weighted by Crippen LogP contribution is 2.45. The van der Waals surface area contributed by atoms with Crippen LogP contribution in [0.25, 0.3) is 0 Å². The zero-order chi connectivity index (χ0) is 13.1.